The largest absolute Gasteiger partial charge is 0.349 e. The Hall–Kier alpha value is -0.940. The number of thioether (sulfide) groups is 1. The first-order chi connectivity index (χ1) is 11.9. The van der Waals surface area contributed by atoms with Crippen molar-refractivity contribution in [2.75, 3.05) is 12.0 Å². The van der Waals surface area contributed by atoms with Crippen molar-refractivity contribution in [3.05, 3.63) is 45.3 Å². The summed E-state index contributed by atoms with van der Waals surface area (Å²) in [4.78, 5) is 16.6. The van der Waals surface area contributed by atoms with E-state index in [-0.39, 0.29) is 17.3 Å². The molecule has 0 unspecified atom stereocenters. The normalized spacial score (nSPS) is 12.7. The first-order valence-electron chi connectivity index (χ1n) is 7.34. The van der Waals surface area contributed by atoms with Gasteiger partial charge in [-0.05, 0) is 42.7 Å². The summed E-state index contributed by atoms with van der Waals surface area (Å²) < 4.78 is 28.4. The number of sulfonamides is 1. The number of hydrogen-bond acceptors (Lipinski definition) is 6. The molecular formula is C15H18BrN3O3S3. The van der Waals surface area contributed by atoms with Crippen molar-refractivity contribution in [2.45, 2.75) is 23.9 Å². The van der Waals surface area contributed by atoms with Crippen molar-refractivity contribution in [1.82, 2.24) is 15.0 Å². The molecule has 25 heavy (non-hydrogen) atoms. The van der Waals surface area contributed by atoms with Crippen molar-refractivity contribution >= 4 is 55.0 Å². The molecule has 2 rings (SSSR count). The predicted molar refractivity (Wildman–Crippen MR) is 105 cm³/mol. The lowest BCUT2D eigenvalue weighted by Crippen LogP contribution is -2.46. The molecule has 0 aliphatic rings. The van der Waals surface area contributed by atoms with Crippen LogP contribution >= 0.6 is 39.0 Å². The number of benzene rings is 1. The highest BCUT2D eigenvalue weighted by molar-refractivity contribution is 9.10. The lowest BCUT2D eigenvalue weighted by molar-refractivity contribution is -0.122. The maximum absolute atomic E-state index is 12.5. The number of hydrogen-bond donors (Lipinski definition) is 2. The monoisotopic (exact) mass is 463 g/mol. The third-order valence-electron chi connectivity index (χ3n) is 3.28. The maximum atomic E-state index is 12.5. The van der Waals surface area contributed by atoms with Gasteiger partial charge in [-0.1, -0.05) is 15.9 Å². The second-order valence-electron chi connectivity index (χ2n) is 5.11. The Bertz CT molecular complexity index is 780. The molecule has 2 aromatic rings. The molecule has 6 nitrogen and oxygen atoms in total. The maximum Gasteiger partial charge on any atom is 0.241 e. The van der Waals surface area contributed by atoms with Crippen molar-refractivity contribution in [1.29, 1.82) is 0 Å². The standard InChI is InChI=1S/C15H18BrN3O3S3/c1-23-7-6-14(15(20)17-8-12-9-24-10-18-12)19-25(21,22)13-4-2-11(16)3-5-13/h2-5,9-10,14,19H,6-8H2,1H3,(H,17,20)/t14-/m0/s1. The molecule has 0 aliphatic heterocycles. The van der Waals surface area contributed by atoms with Crippen LogP contribution in [-0.2, 0) is 21.4 Å². The summed E-state index contributed by atoms with van der Waals surface area (Å²) in [6.45, 7) is 0.276. The van der Waals surface area contributed by atoms with Gasteiger partial charge in [-0.15, -0.1) is 11.3 Å². The first kappa shape index (κ1) is 20.4. The number of carbonyl (C=O) groups is 1. The van der Waals surface area contributed by atoms with Crippen molar-refractivity contribution in [3.8, 4) is 0 Å². The first-order valence-corrected chi connectivity index (χ1v) is 12.0. The van der Waals surface area contributed by atoms with Crippen LogP contribution in [0.25, 0.3) is 0 Å². The van der Waals surface area contributed by atoms with Crippen LogP contribution in [-0.4, -0.2) is 37.4 Å². The van der Waals surface area contributed by atoms with E-state index in [1.807, 2.05) is 11.6 Å². The Labute approximate surface area is 164 Å². The second-order valence-corrected chi connectivity index (χ2v) is 9.44. The number of nitrogens with zero attached hydrogens (tertiary/aromatic N) is 1. The summed E-state index contributed by atoms with van der Waals surface area (Å²) in [6, 6.07) is 5.44. The Morgan fingerprint density at radius 3 is 2.68 bits per heavy atom. The smallest absolute Gasteiger partial charge is 0.241 e. The van der Waals surface area contributed by atoms with E-state index >= 15 is 0 Å². The minimum atomic E-state index is -3.78. The minimum absolute atomic E-state index is 0.122. The average molecular weight is 464 g/mol. The quantitative estimate of drug-likeness (QED) is 0.596. The van der Waals surface area contributed by atoms with Crippen LogP contribution in [0.5, 0.6) is 0 Å². The predicted octanol–water partition coefficient (Wildman–Crippen LogP) is 2.62. The van der Waals surface area contributed by atoms with E-state index in [1.54, 1.807) is 29.4 Å². The van der Waals surface area contributed by atoms with E-state index in [0.717, 1.165) is 10.2 Å². The van der Waals surface area contributed by atoms with E-state index < -0.39 is 16.1 Å². The van der Waals surface area contributed by atoms with Gasteiger partial charge in [0.25, 0.3) is 0 Å². The van der Waals surface area contributed by atoms with E-state index in [1.165, 1.54) is 23.5 Å². The molecule has 136 valence electrons. The van der Waals surface area contributed by atoms with Crippen LogP contribution in [0.15, 0.2) is 44.5 Å². The molecule has 1 aromatic carbocycles. The van der Waals surface area contributed by atoms with Crippen molar-refractivity contribution in [2.24, 2.45) is 0 Å². The average Bonchev–Trinajstić information content (AvgIpc) is 3.10. The molecule has 1 aromatic heterocycles. The molecule has 1 atom stereocenters. The van der Waals surface area contributed by atoms with Crippen molar-refractivity contribution < 1.29 is 13.2 Å². The second kappa shape index (κ2) is 9.67. The topological polar surface area (TPSA) is 88.2 Å². The highest BCUT2D eigenvalue weighted by Crippen LogP contribution is 2.15. The number of nitrogens with one attached hydrogen (secondary N) is 2. The molecule has 0 aliphatic carbocycles. The van der Waals surface area contributed by atoms with Gasteiger partial charge in [-0.3, -0.25) is 4.79 Å². The Kier molecular flexibility index (Phi) is 7.88. The minimum Gasteiger partial charge on any atom is -0.349 e. The molecule has 0 saturated heterocycles. The summed E-state index contributed by atoms with van der Waals surface area (Å²) in [6.07, 6.45) is 2.31. The Balaban J connectivity index is 2.07. The fourth-order valence-electron chi connectivity index (χ4n) is 1.97. The van der Waals surface area contributed by atoms with Gasteiger partial charge in [-0.2, -0.15) is 16.5 Å². The molecule has 1 amide bonds. The number of amides is 1. The highest BCUT2D eigenvalue weighted by atomic mass is 79.9. The van der Waals surface area contributed by atoms with E-state index in [2.05, 4.69) is 31.0 Å². The number of halogens is 1. The zero-order chi connectivity index (χ0) is 18.3. The number of rotatable bonds is 9. The summed E-state index contributed by atoms with van der Waals surface area (Å²) in [5.74, 6) is 0.306. The molecule has 0 spiro atoms. The van der Waals surface area contributed by atoms with Crippen LogP contribution < -0.4 is 10.0 Å². The highest BCUT2D eigenvalue weighted by Gasteiger charge is 2.25. The summed E-state index contributed by atoms with van der Waals surface area (Å²) >= 11 is 6.27. The van der Waals surface area contributed by atoms with Crippen molar-refractivity contribution in [3.63, 3.8) is 0 Å². The molecule has 0 bridgehead atoms. The lowest BCUT2D eigenvalue weighted by atomic mass is 10.2. The van der Waals surface area contributed by atoms with Gasteiger partial charge in [0.1, 0.15) is 6.04 Å². The molecule has 10 heteroatoms. The van der Waals surface area contributed by atoms with Crippen LogP contribution in [0.4, 0.5) is 0 Å². The number of carbonyl (C=O) groups excluding carboxylic acids is 1. The fourth-order valence-corrected chi connectivity index (χ4v) is 4.50. The SMILES string of the molecule is CSCC[C@H](NS(=O)(=O)c1ccc(Br)cc1)C(=O)NCc1cscn1. The molecule has 0 radical (unpaired) electrons. The van der Waals surface area contributed by atoms with Gasteiger partial charge >= 0.3 is 0 Å². The molecular weight excluding hydrogens is 446 g/mol. The van der Waals surface area contributed by atoms with Gasteiger partial charge in [0, 0.05) is 9.85 Å². The van der Waals surface area contributed by atoms with Gasteiger partial charge in [-0.25, -0.2) is 13.4 Å². The third-order valence-corrected chi connectivity index (χ3v) is 6.57. The number of thiazole rings is 1. The van der Waals surface area contributed by atoms with E-state index in [4.69, 9.17) is 0 Å². The zero-order valence-electron chi connectivity index (χ0n) is 13.4. The molecule has 0 fully saturated rings. The summed E-state index contributed by atoms with van der Waals surface area (Å²) in [5.41, 5.74) is 2.43. The van der Waals surface area contributed by atoms with Crippen LogP contribution in [0.3, 0.4) is 0 Å². The fraction of sp³-hybridized carbons (Fsp3) is 0.333. The van der Waals surface area contributed by atoms with E-state index in [0.29, 0.717) is 12.2 Å². The van der Waals surface area contributed by atoms with Gasteiger partial charge < -0.3 is 5.32 Å². The third kappa shape index (κ3) is 6.37. The van der Waals surface area contributed by atoms with E-state index in [9.17, 15) is 13.2 Å². The van der Waals surface area contributed by atoms with Gasteiger partial charge in [0.2, 0.25) is 15.9 Å². The Morgan fingerprint density at radius 2 is 2.08 bits per heavy atom. The Morgan fingerprint density at radius 1 is 1.36 bits per heavy atom. The van der Waals surface area contributed by atoms with Gasteiger partial charge in [0.05, 0.1) is 22.6 Å². The van der Waals surface area contributed by atoms with Crippen LogP contribution in [0.2, 0.25) is 0 Å². The van der Waals surface area contributed by atoms with Gasteiger partial charge in [0.15, 0.2) is 0 Å². The van der Waals surface area contributed by atoms with Crippen LogP contribution in [0, 0.1) is 0 Å². The molecule has 2 N–H and O–H groups in total. The molecule has 0 saturated carbocycles. The number of aromatic nitrogens is 1. The summed E-state index contributed by atoms with van der Waals surface area (Å²) in [7, 11) is -3.78. The lowest BCUT2D eigenvalue weighted by Gasteiger charge is -2.18. The zero-order valence-corrected chi connectivity index (χ0v) is 17.5. The van der Waals surface area contributed by atoms with Crippen LogP contribution in [0.1, 0.15) is 12.1 Å². The molecule has 1 heterocycles. The summed E-state index contributed by atoms with van der Waals surface area (Å²) in [5, 5.41) is 4.58.